The minimum absolute atomic E-state index is 0.464. The maximum atomic E-state index is 5.54. The summed E-state index contributed by atoms with van der Waals surface area (Å²) in [6, 6.07) is 9.09. The summed E-state index contributed by atoms with van der Waals surface area (Å²) in [4.78, 5) is 0. The van der Waals surface area contributed by atoms with E-state index >= 15 is 0 Å². The van der Waals surface area contributed by atoms with E-state index in [9.17, 15) is 0 Å². The lowest BCUT2D eigenvalue weighted by Gasteiger charge is -2.21. The second kappa shape index (κ2) is 9.37. The molecule has 21 heavy (non-hydrogen) atoms. The Bertz CT molecular complexity index is 387. The first-order valence-electron chi connectivity index (χ1n) is 8.41. The van der Waals surface area contributed by atoms with E-state index in [1.54, 1.807) is 0 Å². The summed E-state index contributed by atoms with van der Waals surface area (Å²) in [6.45, 7) is 6.07. The zero-order valence-electron chi connectivity index (χ0n) is 13.4. The van der Waals surface area contributed by atoms with Gasteiger partial charge in [-0.1, -0.05) is 31.9 Å². The molecular weight excluding hydrogens is 278 g/mol. The average molecular weight is 308 g/mol. The Morgan fingerprint density at radius 1 is 1.19 bits per heavy atom. The third kappa shape index (κ3) is 5.55. The lowest BCUT2D eigenvalue weighted by atomic mass is 10.1. The molecule has 3 heteroatoms. The van der Waals surface area contributed by atoms with Crippen molar-refractivity contribution in [2.75, 3.05) is 18.9 Å². The van der Waals surface area contributed by atoms with Gasteiger partial charge in [0.15, 0.2) is 0 Å². The summed E-state index contributed by atoms with van der Waals surface area (Å²) in [7, 11) is 0. The van der Waals surface area contributed by atoms with Crippen molar-refractivity contribution in [1.82, 2.24) is 5.32 Å². The smallest absolute Gasteiger partial charge is 0.119 e. The van der Waals surface area contributed by atoms with Crippen LogP contribution in [0.5, 0.6) is 5.75 Å². The number of rotatable bonds is 9. The lowest BCUT2D eigenvalue weighted by molar-refractivity contribution is 0.340. The second-order valence-electron chi connectivity index (χ2n) is 5.75. The quantitative estimate of drug-likeness (QED) is 0.708. The molecule has 0 spiro atoms. The van der Waals surface area contributed by atoms with Crippen LogP contribution in [0.2, 0.25) is 0 Å². The van der Waals surface area contributed by atoms with Gasteiger partial charge in [0.1, 0.15) is 5.75 Å². The van der Waals surface area contributed by atoms with E-state index in [2.05, 4.69) is 48.3 Å². The van der Waals surface area contributed by atoms with E-state index in [0.29, 0.717) is 6.04 Å². The number of thioether (sulfide) groups is 1. The SMILES string of the molecule is CCCNC(CSC1CCCC1)c1ccc(OCC)cc1. The highest BCUT2D eigenvalue weighted by Gasteiger charge is 2.18. The molecule has 2 rings (SSSR count). The molecule has 0 radical (unpaired) electrons. The standard InChI is InChI=1S/C18H29NOS/c1-3-13-19-18(14-21-17-7-5-6-8-17)15-9-11-16(12-10-15)20-4-2/h9-12,17-19H,3-8,13-14H2,1-2H3. The van der Waals surface area contributed by atoms with Crippen LogP contribution < -0.4 is 10.1 Å². The van der Waals surface area contributed by atoms with E-state index in [1.807, 2.05) is 6.92 Å². The number of benzene rings is 1. The molecule has 0 heterocycles. The minimum atomic E-state index is 0.464. The van der Waals surface area contributed by atoms with Crippen LogP contribution in [0.1, 0.15) is 57.6 Å². The van der Waals surface area contributed by atoms with Gasteiger partial charge in [-0.3, -0.25) is 0 Å². The van der Waals surface area contributed by atoms with Crippen molar-refractivity contribution in [2.45, 2.75) is 57.2 Å². The van der Waals surface area contributed by atoms with Crippen LogP contribution in [0.4, 0.5) is 0 Å². The fraction of sp³-hybridized carbons (Fsp3) is 0.667. The third-order valence-corrected chi connectivity index (χ3v) is 5.50. The maximum absolute atomic E-state index is 5.54. The van der Waals surface area contributed by atoms with Crippen LogP contribution >= 0.6 is 11.8 Å². The molecule has 1 aliphatic carbocycles. The highest BCUT2D eigenvalue weighted by atomic mass is 32.2. The molecule has 1 unspecified atom stereocenters. The summed E-state index contributed by atoms with van der Waals surface area (Å²) in [6.07, 6.45) is 6.85. The zero-order chi connectivity index (χ0) is 14.9. The molecule has 1 atom stereocenters. The lowest BCUT2D eigenvalue weighted by Crippen LogP contribution is -2.24. The van der Waals surface area contributed by atoms with Gasteiger partial charge >= 0.3 is 0 Å². The van der Waals surface area contributed by atoms with E-state index < -0.39 is 0 Å². The first-order valence-corrected chi connectivity index (χ1v) is 9.46. The molecule has 1 aromatic rings. The fourth-order valence-electron chi connectivity index (χ4n) is 2.84. The monoisotopic (exact) mass is 307 g/mol. The molecule has 0 amide bonds. The fourth-order valence-corrected chi connectivity index (χ4v) is 4.28. The van der Waals surface area contributed by atoms with Crippen molar-refractivity contribution in [3.63, 3.8) is 0 Å². The van der Waals surface area contributed by atoms with Gasteiger partial charge in [-0.2, -0.15) is 11.8 Å². The number of nitrogens with one attached hydrogen (secondary N) is 1. The van der Waals surface area contributed by atoms with Crippen LogP contribution in [0.25, 0.3) is 0 Å². The van der Waals surface area contributed by atoms with Gasteiger partial charge in [0.2, 0.25) is 0 Å². The van der Waals surface area contributed by atoms with Crippen LogP contribution in [0, 0.1) is 0 Å². The largest absolute Gasteiger partial charge is 0.494 e. The van der Waals surface area contributed by atoms with Gasteiger partial charge in [-0.05, 0) is 50.4 Å². The highest BCUT2D eigenvalue weighted by Crippen LogP contribution is 2.32. The van der Waals surface area contributed by atoms with Crippen molar-refractivity contribution < 1.29 is 4.74 Å². The normalized spacial score (nSPS) is 17.0. The van der Waals surface area contributed by atoms with Gasteiger partial charge in [0, 0.05) is 17.0 Å². The first-order chi connectivity index (χ1) is 10.3. The molecule has 0 aromatic heterocycles. The van der Waals surface area contributed by atoms with Crippen LogP contribution in [0.3, 0.4) is 0 Å². The van der Waals surface area contributed by atoms with Crippen LogP contribution in [-0.4, -0.2) is 24.2 Å². The zero-order valence-corrected chi connectivity index (χ0v) is 14.3. The van der Waals surface area contributed by atoms with Gasteiger partial charge in [0.05, 0.1) is 6.61 Å². The average Bonchev–Trinajstić information content (AvgIpc) is 3.02. The van der Waals surface area contributed by atoms with Crippen LogP contribution in [0.15, 0.2) is 24.3 Å². The number of hydrogen-bond donors (Lipinski definition) is 1. The van der Waals surface area contributed by atoms with Crippen molar-refractivity contribution >= 4 is 11.8 Å². The Morgan fingerprint density at radius 2 is 1.90 bits per heavy atom. The molecule has 0 bridgehead atoms. The predicted molar refractivity (Wildman–Crippen MR) is 93.4 cm³/mol. The summed E-state index contributed by atoms with van der Waals surface area (Å²) < 4.78 is 5.54. The Kier molecular flexibility index (Phi) is 7.45. The van der Waals surface area contributed by atoms with E-state index in [1.165, 1.54) is 43.4 Å². The van der Waals surface area contributed by atoms with Gasteiger partial charge in [0.25, 0.3) is 0 Å². The molecule has 1 N–H and O–H groups in total. The van der Waals surface area contributed by atoms with Gasteiger partial charge < -0.3 is 10.1 Å². The van der Waals surface area contributed by atoms with Crippen molar-refractivity contribution in [2.24, 2.45) is 0 Å². The number of ether oxygens (including phenoxy) is 1. The van der Waals surface area contributed by atoms with Gasteiger partial charge in [-0.25, -0.2) is 0 Å². The molecule has 1 aliphatic rings. The molecular formula is C18H29NOS. The van der Waals surface area contributed by atoms with Crippen LogP contribution in [-0.2, 0) is 0 Å². The summed E-state index contributed by atoms with van der Waals surface area (Å²) in [5.41, 5.74) is 1.39. The highest BCUT2D eigenvalue weighted by molar-refractivity contribution is 7.99. The van der Waals surface area contributed by atoms with Crippen molar-refractivity contribution in [3.05, 3.63) is 29.8 Å². The summed E-state index contributed by atoms with van der Waals surface area (Å²) in [5, 5.41) is 4.59. The summed E-state index contributed by atoms with van der Waals surface area (Å²) >= 11 is 2.16. The number of hydrogen-bond acceptors (Lipinski definition) is 3. The van der Waals surface area contributed by atoms with Crippen molar-refractivity contribution in [3.8, 4) is 5.75 Å². The Morgan fingerprint density at radius 3 is 2.52 bits per heavy atom. The Balaban J connectivity index is 1.92. The Labute approximate surface area is 134 Å². The van der Waals surface area contributed by atoms with E-state index in [-0.39, 0.29) is 0 Å². The summed E-state index contributed by atoms with van der Waals surface area (Å²) in [5.74, 6) is 2.15. The molecule has 1 fully saturated rings. The minimum Gasteiger partial charge on any atom is -0.494 e. The predicted octanol–water partition coefficient (Wildman–Crippen LogP) is 4.80. The first kappa shape index (κ1) is 16.7. The molecule has 1 aromatic carbocycles. The maximum Gasteiger partial charge on any atom is 0.119 e. The topological polar surface area (TPSA) is 21.3 Å². The molecule has 118 valence electrons. The van der Waals surface area contributed by atoms with E-state index in [0.717, 1.165) is 24.2 Å². The Hall–Kier alpha value is -0.670. The third-order valence-electron chi connectivity index (χ3n) is 4.04. The van der Waals surface area contributed by atoms with E-state index in [4.69, 9.17) is 4.74 Å². The van der Waals surface area contributed by atoms with Gasteiger partial charge in [-0.15, -0.1) is 0 Å². The molecule has 1 saturated carbocycles. The molecule has 0 saturated heterocycles. The van der Waals surface area contributed by atoms with Crippen molar-refractivity contribution in [1.29, 1.82) is 0 Å². The molecule has 2 nitrogen and oxygen atoms in total. The molecule has 0 aliphatic heterocycles. The second-order valence-corrected chi connectivity index (χ2v) is 7.08.